The van der Waals surface area contributed by atoms with Gasteiger partial charge in [-0.3, -0.25) is 0 Å². The molecule has 0 aromatic carbocycles. The number of hydrogen-bond donors (Lipinski definition) is 2. The molecule has 0 bridgehead atoms. The first-order valence-corrected chi connectivity index (χ1v) is 3.44. The molecule has 0 saturated carbocycles. The highest BCUT2D eigenvalue weighted by molar-refractivity contribution is 5.85. The quantitative estimate of drug-likeness (QED) is 0.523. The van der Waals surface area contributed by atoms with Crippen molar-refractivity contribution in [2.75, 3.05) is 13.1 Å². The number of hydrogen-bond acceptors (Lipinski definition) is 3. The Morgan fingerprint density at radius 1 is 1.46 bits per heavy atom. The Hall–Kier alpha value is -0.330. The van der Waals surface area contributed by atoms with Crippen LogP contribution in [0.4, 0.5) is 13.2 Å². The summed E-state index contributed by atoms with van der Waals surface area (Å²) in [5.74, 6) is 0. The lowest BCUT2D eigenvalue weighted by Crippen LogP contribution is -2.33. The molecular formula is C6H12ClF3N2O. The van der Waals surface area contributed by atoms with Crippen molar-refractivity contribution < 1.29 is 18.0 Å². The fraction of sp³-hybridized carbons (Fsp3) is 0.833. The monoisotopic (exact) mass is 220 g/mol. The van der Waals surface area contributed by atoms with Crippen LogP contribution in [0.25, 0.3) is 0 Å². The molecule has 0 aliphatic heterocycles. The molecule has 1 atom stereocenters. The first kappa shape index (κ1) is 15.2. The molecule has 3 nitrogen and oxygen atoms in total. The van der Waals surface area contributed by atoms with Gasteiger partial charge in [0.05, 0.1) is 12.6 Å². The maximum Gasteiger partial charge on any atom is 0.401 e. The smallest absolute Gasteiger partial charge is 0.322 e. The van der Waals surface area contributed by atoms with E-state index in [9.17, 15) is 18.0 Å². The second kappa shape index (κ2) is 7.11. The molecule has 1 unspecified atom stereocenters. The Morgan fingerprint density at radius 3 is 2.38 bits per heavy atom. The van der Waals surface area contributed by atoms with Crippen LogP contribution in [0.1, 0.15) is 6.42 Å². The summed E-state index contributed by atoms with van der Waals surface area (Å²) in [6.45, 7) is -0.946. The predicted molar refractivity (Wildman–Crippen MR) is 44.8 cm³/mol. The second-order valence-electron chi connectivity index (χ2n) is 2.38. The number of halogens is 4. The molecule has 0 radical (unpaired) electrons. The highest BCUT2D eigenvalue weighted by Crippen LogP contribution is 2.11. The molecule has 0 saturated heterocycles. The van der Waals surface area contributed by atoms with Crippen LogP contribution in [0.15, 0.2) is 0 Å². The zero-order chi connectivity index (χ0) is 9.61. The van der Waals surface area contributed by atoms with Gasteiger partial charge in [-0.05, 0) is 13.0 Å². The summed E-state index contributed by atoms with van der Waals surface area (Å²) in [4.78, 5) is 9.92. The predicted octanol–water partition coefficient (Wildman–Crippen LogP) is 0.476. The lowest BCUT2D eigenvalue weighted by atomic mass is 10.2. The van der Waals surface area contributed by atoms with E-state index in [1.165, 1.54) is 0 Å². The molecule has 0 aliphatic rings. The van der Waals surface area contributed by atoms with E-state index in [0.717, 1.165) is 0 Å². The van der Waals surface area contributed by atoms with Gasteiger partial charge in [-0.15, -0.1) is 12.4 Å². The summed E-state index contributed by atoms with van der Waals surface area (Å²) >= 11 is 0. The molecule has 0 rings (SSSR count). The molecule has 0 aliphatic carbocycles. The van der Waals surface area contributed by atoms with Crippen molar-refractivity contribution in [3.8, 4) is 0 Å². The highest BCUT2D eigenvalue weighted by atomic mass is 35.5. The van der Waals surface area contributed by atoms with Gasteiger partial charge in [-0.25, -0.2) is 0 Å². The first-order chi connectivity index (χ1) is 5.45. The Kier molecular flexibility index (Phi) is 8.29. The Bertz CT molecular complexity index is 142. The number of rotatable bonds is 5. The van der Waals surface area contributed by atoms with E-state index in [4.69, 9.17) is 5.73 Å². The average molecular weight is 221 g/mol. The molecule has 0 amide bonds. The minimum absolute atomic E-state index is 0. The van der Waals surface area contributed by atoms with E-state index in [1.807, 2.05) is 0 Å². The Labute approximate surface area is 80.3 Å². The summed E-state index contributed by atoms with van der Waals surface area (Å²) in [6.07, 6.45) is -3.47. The van der Waals surface area contributed by atoms with Crippen molar-refractivity contribution in [1.29, 1.82) is 0 Å². The van der Waals surface area contributed by atoms with Gasteiger partial charge in [0.2, 0.25) is 0 Å². The first-order valence-electron chi connectivity index (χ1n) is 3.44. The van der Waals surface area contributed by atoms with Crippen LogP contribution >= 0.6 is 12.4 Å². The van der Waals surface area contributed by atoms with E-state index >= 15 is 0 Å². The van der Waals surface area contributed by atoms with E-state index in [2.05, 4.69) is 5.32 Å². The summed E-state index contributed by atoms with van der Waals surface area (Å²) in [5.41, 5.74) is 5.13. The summed E-state index contributed by atoms with van der Waals surface area (Å²) in [6, 6.07) is -0.675. The molecule has 0 heterocycles. The van der Waals surface area contributed by atoms with Crippen molar-refractivity contribution in [2.45, 2.75) is 18.6 Å². The van der Waals surface area contributed by atoms with Gasteiger partial charge >= 0.3 is 6.18 Å². The van der Waals surface area contributed by atoms with Gasteiger partial charge in [0.25, 0.3) is 0 Å². The van der Waals surface area contributed by atoms with Crippen LogP contribution in [-0.2, 0) is 4.79 Å². The number of carbonyl (C=O) groups is 1. The maximum absolute atomic E-state index is 11.5. The summed E-state index contributed by atoms with van der Waals surface area (Å²) < 4.78 is 34.5. The fourth-order valence-electron chi connectivity index (χ4n) is 0.567. The van der Waals surface area contributed by atoms with Gasteiger partial charge in [0, 0.05) is 0 Å². The van der Waals surface area contributed by atoms with Crippen molar-refractivity contribution in [2.24, 2.45) is 5.73 Å². The summed E-state index contributed by atoms with van der Waals surface area (Å²) in [5, 5.41) is 2.13. The summed E-state index contributed by atoms with van der Waals surface area (Å²) in [7, 11) is 0. The van der Waals surface area contributed by atoms with Crippen LogP contribution in [-0.4, -0.2) is 31.6 Å². The zero-order valence-electron chi connectivity index (χ0n) is 6.80. The zero-order valence-corrected chi connectivity index (χ0v) is 7.62. The maximum atomic E-state index is 11.5. The standard InChI is InChI=1S/C6H11F3N2O.ClH/c7-6(8,9)4-11-2-1-5(10)3-12;/h3,5,11H,1-2,4,10H2;1H. The third-order valence-corrected chi connectivity index (χ3v) is 1.15. The number of carbonyl (C=O) groups excluding carboxylic acids is 1. The highest BCUT2D eigenvalue weighted by Gasteiger charge is 2.25. The molecule has 7 heteroatoms. The van der Waals surface area contributed by atoms with Gasteiger partial charge in [0.15, 0.2) is 0 Å². The SMILES string of the molecule is Cl.NC(C=O)CCNCC(F)(F)F. The van der Waals surface area contributed by atoms with Crippen LogP contribution < -0.4 is 11.1 Å². The van der Waals surface area contributed by atoms with Crippen LogP contribution in [0.2, 0.25) is 0 Å². The minimum atomic E-state index is -4.20. The third-order valence-electron chi connectivity index (χ3n) is 1.15. The molecule has 0 fully saturated rings. The molecule has 0 aromatic rings. The topological polar surface area (TPSA) is 55.1 Å². The normalized spacial score (nSPS) is 13.2. The Morgan fingerprint density at radius 2 is 2.00 bits per heavy atom. The van der Waals surface area contributed by atoms with E-state index in [1.54, 1.807) is 0 Å². The van der Waals surface area contributed by atoms with Gasteiger partial charge in [-0.2, -0.15) is 13.2 Å². The van der Waals surface area contributed by atoms with Crippen LogP contribution in [0.3, 0.4) is 0 Å². The van der Waals surface area contributed by atoms with Crippen molar-refractivity contribution in [3.05, 3.63) is 0 Å². The molecule has 13 heavy (non-hydrogen) atoms. The molecule has 80 valence electrons. The molecule has 0 aromatic heterocycles. The van der Waals surface area contributed by atoms with Gasteiger partial charge in [0.1, 0.15) is 6.29 Å². The van der Waals surface area contributed by atoms with Crippen LogP contribution in [0, 0.1) is 0 Å². The second-order valence-corrected chi connectivity index (χ2v) is 2.38. The van der Waals surface area contributed by atoms with E-state index in [0.29, 0.717) is 6.29 Å². The number of nitrogens with two attached hydrogens (primary N) is 1. The molecular weight excluding hydrogens is 209 g/mol. The van der Waals surface area contributed by atoms with Gasteiger partial charge in [-0.1, -0.05) is 0 Å². The molecule has 3 N–H and O–H groups in total. The van der Waals surface area contributed by atoms with Crippen molar-refractivity contribution in [3.63, 3.8) is 0 Å². The molecule has 0 spiro atoms. The Balaban J connectivity index is 0. The van der Waals surface area contributed by atoms with E-state index in [-0.39, 0.29) is 25.4 Å². The largest absolute Gasteiger partial charge is 0.401 e. The number of aldehydes is 1. The van der Waals surface area contributed by atoms with Crippen molar-refractivity contribution in [1.82, 2.24) is 5.32 Å². The number of nitrogens with one attached hydrogen (secondary N) is 1. The minimum Gasteiger partial charge on any atom is -0.322 e. The fourth-order valence-corrected chi connectivity index (χ4v) is 0.567. The lowest BCUT2D eigenvalue weighted by Gasteiger charge is -2.08. The van der Waals surface area contributed by atoms with E-state index < -0.39 is 18.8 Å². The van der Waals surface area contributed by atoms with Gasteiger partial charge < -0.3 is 15.8 Å². The van der Waals surface area contributed by atoms with Crippen LogP contribution in [0.5, 0.6) is 0 Å². The average Bonchev–Trinajstić information content (AvgIpc) is 1.96. The third kappa shape index (κ3) is 11.7. The van der Waals surface area contributed by atoms with Crippen molar-refractivity contribution >= 4 is 18.7 Å². The lowest BCUT2D eigenvalue weighted by molar-refractivity contribution is -0.124. The number of alkyl halides is 3.